The number of alkyl halides is 6. The second-order valence-electron chi connectivity index (χ2n) is 9.60. The molecule has 1 N–H and O–H groups in total. The lowest BCUT2D eigenvalue weighted by molar-refractivity contribution is -0.141. The zero-order chi connectivity index (χ0) is 26.4. The maximum atomic E-state index is 13.1. The van der Waals surface area contributed by atoms with Gasteiger partial charge in [0.2, 0.25) is 11.9 Å². The molecule has 1 saturated heterocycles. The molecule has 1 saturated carbocycles. The van der Waals surface area contributed by atoms with E-state index in [9.17, 15) is 35.9 Å². The normalized spacial score (nSPS) is 25.0. The van der Waals surface area contributed by atoms with Crippen LogP contribution < -0.4 is 10.5 Å². The highest BCUT2D eigenvalue weighted by atomic mass is 19.4. The molecule has 3 heterocycles. The van der Waals surface area contributed by atoms with Crippen LogP contribution in [-0.2, 0) is 23.6 Å². The summed E-state index contributed by atoms with van der Waals surface area (Å²) < 4.78 is 77.3. The predicted octanol–water partition coefficient (Wildman–Crippen LogP) is 3.90. The number of carbonyl (C=O) groups excluding carboxylic acids is 1. The van der Waals surface area contributed by atoms with Gasteiger partial charge in [-0.3, -0.25) is 9.59 Å². The van der Waals surface area contributed by atoms with Gasteiger partial charge in [-0.05, 0) is 50.7 Å². The first-order valence-electron chi connectivity index (χ1n) is 11.5. The van der Waals surface area contributed by atoms with Crippen molar-refractivity contribution in [1.29, 1.82) is 0 Å². The number of hydrogen-bond donors (Lipinski definition) is 1. The molecule has 4 rings (SSSR count). The van der Waals surface area contributed by atoms with E-state index in [0.717, 1.165) is 18.5 Å². The number of hydrogen-bond acceptors (Lipinski definition) is 5. The van der Waals surface area contributed by atoms with E-state index in [0.29, 0.717) is 37.9 Å². The number of nitrogens with one attached hydrogen (secondary N) is 1. The van der Waals surface area contributed by atoms with Crippen LogP contribution in [0.1, 0.15) is 43.4 Å². The van der Waals surface area contributed by atoms with Gasteiger partial charge in [-0.15, -0.1) is 0 Å². The molecule has 2 aromatic rings. The maximum absolute atomic E-state index is 13.1. The first kappa shape index (κ1) is 26.0. The Kier molecular flexibility index (Phi) is 6.78. The molecular formula is C23H25F6N5O2. The van der Waals surface area contributed by atoms with Crippen LogP contribution in [0, 0.1) is 11.8 Å². The van der Waals surface area contributed by atoms with Crippen molar-refractivity contribution < 1.29 is 31.1 Å². The number of aromatic amines is 1. The van der Waals surface area contributed by atoms with Crippen LogP contribution >= 0.6 is 0 Å². The van der Waals surface area contributed by atoms with Gasteiger partial charge in [0.05, 0.1) is 5.56 Å². The number of aromatic nitrogens is 3. The van der Waals surface area contributed by atoms with E-state index in [-0.39, 0.29) is 35.8 Å². The SMILES string of the molecule is C[C@@H]1CN(C(=O)C2CC(Cc3c[nH]c(=O)c(C(F)(F)F)c3)C2)C[C@H](C)N1c1ncc(C(F)(F)F)cn1. The Balaban J connectivity index is 1.33. The summed E-state index contributed by atoms with van der Waals surface area (Å²) in [5, 5.41) is 0. The van der Waals surface area contributed by atoms with E-state index in [1.54, 1.807) is 9.80 Å². The Hall–Kier alpha value is -3.12. The van der Waals surface area contributed by atoms with Gasteiger partial charge in [-0.2, -0.15) is 26.3 Å². The lowest BCUT2D eigenvalue weighted by atomic mass is 9.71. The van der Waals surface area contributed by atoms with E-state index in [1.807, 2.05) is 13.8 Å². The first-order valence-corrected chi connectivity index (χ1v) is 11.5. The molecule has 13 heteroatoms. The molecule has 2 aliphatic rings. The minimum Gasteiger partial charge on any atom is -0.338 e. The van der Waals surface area contributed by atoms with E-state index in [4.69, 9.17) is 0 Å². The highest BCUT2D eigenvalue weighted by Gasteiger charge is 2.41. The van der Waals surface area contributed by atoms with Crippen molar-refractivity contribution in [1.82, 2.24) is 19.9 Å². The molecule has 7 nitrogen and oxygen atoms in total. The average molecular weight is 517 g/mol. The first-order chi connectivity index (χ1) is 16.7. The van der Waals surface area contributed by atoms with Crippen LogP contribution in [-0.4, -0.2) is 50.9 Å². The summed E-state index contributed by atoms with van der Waals surface area (Å²) in [6, 6.07) is 0.402. The summed E-state index contributed by atoms with van der Waals surface area (Å²) in [6.45, 7) is 4.39. The maximum Gasteiger partial charge on any atom is 0.421 e. The molecule has 0 unspecified atom stereocenters. The molecule has 1 aliphatic carbocycles. The van der Waals surface area contributed by atoms with Crippen molar-refractivity contribution in [2.24, 2.45) is 11.8 Å². The lowest BCUT2D eigenvalue weighted by Crippen LogP contribution is -2.60. The second kappa shape index (κ2) is 9.40. The summed E-state index contributed by atoms with van der Waals surface area (Å²) in [4.78, 5) is 37.9. The Morgan fingerprint density at radius 3 is 2.14 bits per heavy atom. The topological polar surface area (TPSA) is 82.2 Å². The highest BCUT2D eigenvalue weighted by Crippen LogP contribution is 2.38. The van der Waals surface area contributed by atoms with Crippen molar-refractivity contribution in [3.8, 4) is 0 Å². The molecule has 2 aromatic heterocycles. The summed E-state index contributed by atoms with van der Waals surface area (Å²) in [5.74, 6) is -0.0935. The third-order valence-electron chi connectivity index (χ3n) is 6.80. The molecule has 0 spiro atoms. The number of nitrogens with zero attached hydrogens (tertiary/aromatic N) is 4. The predicted molar refractivity (Wildman–Crippen MR) is 117 cm³/mol. The number of halogens is 6. The van der Waals surface area contributed by atoms with E-state index in [1.165, 1.54) is 6.20 Å². The van der Waals surface area contributed by atoms with Gasteiger partial charge in [0, 0.05) is 49.7 Å². The van der Waals surface area contributed by atoms with Crippen LogP contribution in [0.2, 0.25) is 0 Å². The molecule has 36 heavy (non-hydrogen) atoms. The van der Waals surface area contributed by atoms with Gasteiger partial charge in [0.1, 0.15) is 5.56 Å². The monoisotopic (exact) mass is 517 g/mol. The largest absolute Gasteiger partial charge is 0.421 e. The number of rotatable bonds is 4. The molecule has 0 aromatic carbocycles. The van der Waals surface area contributed by atoms with Gasteiger partial charge in [-0.1, -0.05) is 0 Å². The summed E-state index contributed by atoms with van der Waals surface area (Å²) >= 11 is 0. The smallest absolute Gasteiger partial charge is 0.338 e. The Morgan fingerprint density at radius 2 is 1.61 bits per heavy atom. The Bertz CT molecular complexity index is 1150. The quantitative estimate of drug-likeness (QED) is 0.623. The molecule has 0 bridgehead atoms. The third-order valence-corrected chi connectivity index (χ3v) is 6.80. The third kappa shape index (κ3) is 5.34. The van der Waals surface area contributed by atoms with E-state index >= 15 is 0 Å². The number of amides is 1. The van der Waals surface area contributed by atoms with Crippen LogP contribution in [0.15, 0.2) is 29.5 Å². The molecule has 2 fully saturated rings. The molecule has 0 radical (unpaired) electrons. The van der Waals surface area contributed by atoms with Crippen LogP contribution in [0.3, 0.4) is 0 Å². The van der Waals surface area contributed by atoms with Crippen LogP contribution in [0.5, 0.6) is 0 Å². The van der Waals surface area contributed by atoms with Gasteiger partial charge in [0.15, 0.2) is 0 Å². The van der Waals surface area contributed by atoms with Crippen molar-refractivity contribution in [2.75, 3.05) is 18.0 Å². The fourth-order valence-electron chi connectivity index (χ4n) is 5.05. The number of piperazine rings is 1. The van der Waals surface area contributed by atoms with Crippen molar-refractivity contribution in [3.05, 3.63) is 51.7 Å². The zero-order valence-corrected chi connectivity index (χ0v) is 19.5. The minimum absolute atomic E-state index is 0.0302. The summed E-state index contributed by atoms with van der Waals surface area (Å²) in [5.41, 5.74) is -2.98. The second-order valence-corrected chi connectivity index (χ2v) is 9.60. The average Bonchev–Trinajstić information content (AvgIpc) is 2.75. The van der Waals surface area contributed by atoms with Crippen LogP contribution in [0.4, 0.5) is 32.3 Å². The number of H-pyrrole nitrogens is 1. The van der Waals surface area contributed by atoms with Crippen molar-refractivity contribution >= 4 is 11.9 Å². The fourth-order valence-corrected chi connectivity index (χ4v) is 5.05. The van der Waals surface area contributed by atoms with Gasteiger partial charge in [0.25, 0.3) is 5.56 Å². The van der Waals surface area contributed by atoms with E-state index < -0.39 is 29.0 Å². The molecule has 196 valence electrons. The van der Waals surface area contributed by atoms with Crippen molar-refractivity contribution in [3.63, 3.8) is 0 Å². The summed E-state index contributed by atoms with van der Waals surface area (Å²) in [7, 11) is 0. The highest BCUT2D eigenvalue weighted by molar-refractivity contribution is 5.80. The molecular weight excluding hydrogens is 492 g/mol. The Labute approximate surface area is 202 Å². The molecule has 1 amide bonds. The minimum atomic E-state index is -4.73. The summed E-state index contributed by atoms with van der Waals surface area (Å²) in [6.07, 6.45) is -5.10. The standard InChI is InChI=1S/C23H25F6N5O2/c1-12-10-33(11-13(2)34(12)21-31-8-17(9-32-21)22(24,25)26)20(36)16-4-14(5-16)3-15-6-18(23(27,28)29)19(35)30-7-15/h6-9,12-14,16H,3-5,10-11H2,1-2H3,(H,30,35)/t12-,13+,14?,16?. The van der Waals surface area contributed by atoms with Crippen LogP contribution in [0.25, 0.3) is 0 Å². The Morgan fingerprint density at radius 1 is 1.03 bits per heavy atom. The van der Waals surface area contributed by atoms with E-state index in [2.05, 4.69) is 15.0 Å². The number of anilines is 1. The molecule has 1 aliphatic heterocycles. The van der Waals surface area contributed by atoms with Gasteiger partial charge < -0.3 is 14.8 Å². The lowest BCUT2D eigenvalue weighted by Gasteiger charge is -2.47. The number of carbonyl (C=O) groups is 1. The van der Waals surface area contributed by atoms with Gasteiger partial charge in [-0.25, -0.2) is 9.97 Å². The van der Waals surface area contributed by atoms with Crippen molar-refractivity contribution in [2.45, 2.75) is 57.5 Å². The zero-order valence-electron chi connectivity index (χ0n) is 19.5. The molecule has 2 atom stereocenters. The van der Waals surface area contributed by atoms with Gasteiger partial charge >= 0.3 is 12.4 Å². The number of pyridine rings is 1. The fraction of sp³-hybridized carbons (Fsp3) is 0.565.